The second-order valence-corrected chi connectivity index (χ2v) is 4.57. The minimum Gasteiger partial charge on any atom is -0.326 e. The lowest BCUT2D eigenvalue weighted by atomic mass is 10.1. The lowest BCUT2D eigenvalue weighted by Crippen LogP contribution is -2.16. The molecular formula is C15H13ClN2O2. The summed E-state index contributed by atoms with van der Waals surface area (Å²) in [5.74, 6) is -0.564. The molecule has 0 aliphatic heterocycles. The summed E-state index contributed by atoms with van der Waals surface area (Å²) in [5.41, 5.74) is 1.36. The van der Waals surface area contributed by atoms with Crippen LogP contribution in [0, 0.1) is 0 Å². The van der Waals surface area contributed by atoms with E-state index in [-0.39, 0.29) is 11.8 Å². The molecule has 5 heteroatoms. The normalized spacial score (nSPS) is 9.90. The molecule has 2 N–H and O–H groups in total. The summed E-state index contributed by atoms with van der Waals surface area (Å²) >= 11 is 6.00. The molecule has 2 aromatic carbocycles. The third-order valence-electron chi connectivity index (χ3n) is 2.60. The summed E-state index contributed by atoms with van der Waals surface area (Å²) < 4.78 is 0. The molecule has 2 rings (SSSR count). The molecule has 0 atom stereocenters. The minimum atomic E-state index is -0.331. The number of carbonyl (C=O) groups is 2. The van der Waals surface area contributed by atoms with Crippen molar-refractivity contribution in [2.75, 3.05) is 10.6 Å². The summed E-state index contributed by atoms with van der Waals surface area (Å²) in [7, 11) is 0. The predicted molar refractivity (Wildman–Crippen MR) is 80.2 cm³/mol. The molecular weight excluding hydrogens is 276 g/mol. The molecule has 0 saturated carbocycles. The van der Waals surface area contributed by atoms with Crippen molar-refractivity contribution in [3.63, 3.8) is 0 Å². The van der Waals surface area contributed by atoms with Gasteiger partial charge in [0, 0.05) is 6.92 Å². The standard InChI is InChI=1S/C15H13ClN2O2/c1-10(19)17-13-8-4-2-6-11(13)15(20)18-14-9-5-3-7-12(14)16/h2-9H,1H3,(H,17,19)(H,18,20). The van der Waals surface area contributed by atoms with Crippen LogP contribution in [0.1, 0.15) is 17.3 Å². The van der Waals surface area contributed by atoms with E-state index in [0.717, 1.165) is 0 Å². The number of anilines is 2. The average molecular weight is 289 g/mol. The lowest BCUT2D eigenvalue weighted by molar-refractivity contribution is -0.114. The molecule has 0 saturated heterocycles. The van der Waals surface area contributed by atoms with Crippen molar-refractivity contribution in [1.82, 2.24) is 0 Å². The molecule has 102 valence electrons. The Morgan fingerprint density at radius 1 is 0.900 bits per heavy atom. The van der Waals surface area contributed by atoms with E-state index >= 15 is 0 Å². The van der Waals surface area contributed by atoms with Crippen LogP contribution >= 0.6 is 11.6 Å². The average Bonchev–Trinajstić information content (AvgIpc) is 2.41. The van der Waals surface area contributed by atoms with E-state index in [9.17, 15) is 9.59 Å². The highest BCUT2D eigenvalue weighted by atomic mass is 35.5. The van der Waals surface area contributed by atoms with Gasteiger partial charge in [-0.15, -0.1) is 0 Å². The summed E-state index contributed by atoms with van der Waals surface area (Å²) in [6, 6.07) is 13.7. The fourth-order valence-electron chi connectivity index (χ4n) is 1.73. The van der Waals surface area contributed by atoms with Gasteiger partial charge in [-0.1, -0.05) is 35.9 Å². The lowest BCUT2D eigenvalue weighted by Gasteiger charge is -2.11. The van der Waals surface area contributed by atoms with Crippen LogP contribution < -0.4 is 10.6 Å². The van der Waals surface area contributed by atoms with Gasteiger partial charge in [0.2, 0.25) is 5.91 Å². The zero-order chi connectivity index (χ0) is 14.5. The van der Waals surface area contributed by atoms with E-state index < -0.39 is 0 Å². The third-order valence-corrected chi connectivity index (χ3v) is 2.93. The van der Waals surface area contributed by atoms with Gasteiger partial charge in [-0.05, 0) is 24.3 Å². The van der Waals surface area contributed by atoms with Crippen molar-refractivity contribution in [1.29, 1.82) is 0 Å². The molecule has 2 aromatic rings. The number of benzene rings is 2. The molecule has 0 aliphatic carbocycles. The Morgan fingerprint density at radius 3 is 2.15 bits per heavy atom. The second kappa shape index (κ2) is 6.21. The summed E-state index contributed by atoms with van der Waals surface area (Å²) in [6.07, 6.45) is 0. The van der Waals surface area contributed by atoms with Crippen LogP contribution in [-0.2, 0) is 4.79 Å². The van der Waals surface area contributed by atoms with Gasteiger partial charge in [0.15, 0.2) is 0 Å². The minimum absolute atomic E-state index is 0.233. The first-order valence-electron chi connectivity index (χ1n) is 6.00. The molecule has 0 aromatic heterocycles. The number of hydrogen-bond donors (Lipinski definition) is 2. The maximum Gasteiger partial charge on any atom is 0.257 e. The van der Waals surface area contributed by atoms with Crippen molar-refractivity contribution >= 4 is 34.8 Å². The Hall–Kier alpha value is -2.33. The van der Waals surface area contributed by atoms with E-state index in [2.05, 4.69) is 10.6 Å². The van der Waals surface area contributed by atoms with Gasteiger partial charge in [0.25, 0.3) is 5.91 Å². The Bertz CT molecular complexity index is 656. The number of nitrogens with one attached hydrogen (secondary N) is 2. The van der Waals surface area contributed by atoms with Gasteiger partial charge in [-0.3, -0.25) is 9.59 Å². The van der Waals surface area contributed by atoms with Gasteiger partial charge in [-0.2, -0.15) is 0 Å². The molecule has 0 radical (unpaired) electrons. The Kier molecular flexibility index (Phi) is 4.38. The van der Waals surface area contributed by atoms with Crippen LogP contribution in [0.3, 0.4) is 0 Å². The summed E-state index contributed by atoms with van der Waals surface area (Å²) in [4.78, 5) is 23.4. The largest absolute Gasteiger partial charge is 0.326 e. The van der Waals surface area contributed by atoms with Crippen molar-refractivity contribution in [3.8, 4) is 0 Å². The highest BCUT2D eigenvalue weighted by molar-refractivity contribution is 6.34. The number of carbonyl (C=O) groups excluding carboxylic acids is 2. The topological polar surface area (TPSA) is 58.2 Å². The van der Waals surface area contributed by atoms with E-state index in [1.54, 1.807) is 48.5 Å². The van der Waals surface area contributed by atoms with Crippen molar-refractivity contribution < 1.29 is 9.59 Å². The van der Waals surface area contributed by atoms with Gasteiger partial charge in [0.1, 0.15) is 0 Å². The number of amides is 2. The van der Waals surface area contributed by atoms with Crippen LogP contribution in [0.25, 0.3) is 0 Å². The SMILES string of the molecule is CC(=O)Nc1ccccc1C(=O)Nc1ccccc1Cl. The molecule has 0 bridgehead atoms. The highest BCUT2D eigenvalue weighted by Crippen LogP contribution is 2.23. The van der Waals surface area contributed by atoms with Gasteiger partial charge in [-0.25, -0.2) is 0 Å². The van der Waals surface area contributed by atoms with Crippen molar-refractivity contribution in [3.05, 3.63) is 59.1 Å². The van der Waals surface area contributed by atoms with Crippen LogP contribution in [-0.4, -0.2) is 11.8 Å². The maximum absolute atomic E-state index is 12.2. The van der Waals surface area contributed by atoms with Crippen LogP contribution in [0.15, 0.2) is 48.5 Å². The summed E-state index contributed by atoms with van der Waals surface area (Å²) in [5, 5.41) is 5.80. The van der Waals surface area contributed by atoms with E-state index in [1.165, 1.54) is 6.92 Å². The van der Waals surface area contributed by atoms with E-state index in [4.69, 9.17) is 11.6 Å². The van der Waals surface area contributed by atoms with Crippen LogP contribution in [0.4, 0.5) is 11.4 Å². The fraction of sp³-hybridized carbons (Fsp3) is 0.0667. The fourth-order valence-corrected chi connectivity index (χ4v) is 1.91. The maximum atomic E-state index is 12.2. The third kappa shape index (κ3) is 3.36. The molecule has 0 heterocycles. The zero-order valence-electron chi connectivity index (χ0n) is 10.8. The summed E-state index contributed by atoms with van der Waals surface area (Å²) in [6.45, 7) is 1.39. The monoisotopic (exact) mass is 288 g/mol. The number of halogens is 1. The smallest absolute Gasteiger partial charge is 0.257 e. The van der Waals surface area contributed by atoms with Crippen LogP contribution in [0.5, 0.6) is 0 Å². The van der Waals surface area contributed by atoms with Gasteiger partial charge >= 0.3 is 0 Å². The van der Waals surface area contributed by atoms with E-state index in [0.29, 0.717) is 22.0 Å². The number of hydrogen-bond acceptors (Lipinski definition) is 2. The molecule has 0 spiro atoms. The molecule has 0 aliphatic rings. The molecule has 4 nitrogen and oxygen atoms in total. The van der Waals surface area contributed by atoms with Crippen LogP contribution in [0.2, 0.25) is 5.02 Å². The Labute approximate surface area is 121 Å². The Balaban J connectivity index is 2.26. The van der Waals surface area contributed by atoms with Crippen molar-refractivity contribution in [2.24, 2.45) is 0 Å². The first-order chi connectivity index (χ1) is 9.58. The number of rotatable bonds is 3. The second-order valence-electron chi connectivity index (χ2n) is 4.16. The molecule has 0 fully saturated rings. The zero-order valence-corrected chi connectivity index (χ0v) is 11.6. The molecule has 0 unspecified atom stereocenters. The molecule has 2 amide bonds. The van der Waals surface area contributed by atoms with Gasteiger partial charge in [0.05, 0.1) is 22.0 Å². The van der Waals surface area contributed by atoms with Crippen molar-refractivity contribution in [2.45, 2.75) is 6.92 Å². The number of para-hydroxylation sites is 2. The highest BCUT2D eigenvalue weighted by Gasteiger charge is 2.12. The quantitative estimate of drug-likeness (QED) is 0.907. The van der Waals surface area contributed by atoms with E-state index in [1.807, 2.05) is 0 Å². The first-order valence-corrected chi connectivity index (χ1v) is 6.38. The predicted octanol–water partition coefficient (Wildman–Crippen LogP) is 3.55. The van der Waals surface area contributed by atoms with Gasteiger partial charge < -0.3 is 10.6 Å². The molecule has 20 heavy (non-hydrogen) atoms. The Morgan fingerprint density at radius 2 is 1.50 bits per heavy atom. The first kappa shape index (κ1) is 14.1.